The Balaban J connectivity index is 1.52. The Morgan fingerprint density at radius 1 is 1.19 bits per heavy atom. The van der Waals surface area contributed by atoms with E-state index < -0.39 is 0 Å². The van der Waals surface area contributed by atoms with Crippen molar-refractivity contribution in [2.24, 2.45) is 0 Å². The molecule has 8 heteroatoms. The van der Waals surface area contributed by atoms with E-state index in [1.807, 2.05) is 30.3 Å². The maximum atomic E-state index is 12.1. The highest BCUT2D eigenvalue weighted by Crippen LogP contribution is 2.19. The Morgan fingerprint density at radius 2 is 1.92 bits per heavy atom. The second kappa shape index (κ2) is 8.82. The lowest BCUT2D eigenvalue weighted by molar-refractivity contribution is -0.118. The molecular formula is C18H18ClN5OS. The molecule has 0 saturated heterocycles. The molecule has 1 atom stereocenters. The zero-order valence-electron chi connectivity index (χ0n) is 14.2. The molecule has 0 aliphatic heterocycles. The lowest BCUT2D eigenvalue weighted by Gasteiger charge is -2.12. The molecular weight excluding hydrogens is 370 g/mol. The van der Waals surface area contributed by atoms with Crippen molar-refractivity contribution >= 4 is 29.3 Å². The van der Waals surface area contributed by atoms with Gasteiger partial charge in [0.2, 0.25) is 11.1 Å². The number of hydrogen-bond acceptors (Lipinski definition) is 5. The van der Waals surface area contributed by atoms with Crippen molar-refractivity contribution in [1.29, 1.82) is 0 Å². The van der Waals surface area contributed by atoms with Crippen LogP contribution in [-0.2, 0) is 4.79 Å². The van der Waals surface area contributed by atoms with Crippen molar-refractivity contribution < 1.29 is 4.79 Å². The molecule has 1 aromatic heterocycles. The molecule has 0 aliphatic rings. The number of nitrogens with one attached hydrogen (secondary N) is 1. The van der Waals surface area contributed by atoms with E-state index in [4.69, 9.17) is 11.6 Å². The Hall–Kier alpha value is -2.38. The number of rotatable bonds is 7. The summed E-state index contributed by atoms with van der Waals surface area (Å²) in [5, 5.41) is 15.8. The van der Waals surface area contributed by atoms with Crippen LogP contribution in [0.2, 0.25) is 5.02 Å². The molecule has 0 spiro atoms. The number of amides is 1. The van der Waals surface area contributed by atoms with Gasteiger partial charge < -0.3 is 5.32 Å². The predicted molar refractivity (Wildman–Crippen MR) is 103 cm³/mol. The van der Waals surface area contributed by atoms with Crippen LogP contribution in [0.25, 0.3) is 5.69 Å². The molecule has 0 radical (unpaired) electrons. The fraction of sp³-hybridized carbons (Fsp3) is 0.222. The van der Waals surface area contributed by atoms with Crippen LogP contribution in [0, 0.1) is 0 Å². The summed E-state index contributed by atoms with van der Waals surface area (Å²) in [6.07, 6.45) is 0. The summed E-state index contributed by atoms with van der Waals surface area (Å²) in [6.45, 7) is 2.68. The van der Waals surface area contributed by atoms with Gasteiger partial charge >= 0.3 is 0 Å². The molecule has 0 saturated carbocycles. The first-order valence-corrected chi connectivity index (χ1v) is 9.48. The third-order valence-electron chi connectivity index (χ3n) is 3.82. The van der Waals surface area contributed by atoms with Crippen molar-refractivity contribution in [2.75, 3.05) is 12.3 Å². The number of carbonyl (C=O) groups excluding carboxylic acids is 1. The minimum Gasteiger partial charge on any atom is -0.355 e. The highest BCUT2D eigenvalue weighted by atomic mass is 35.5. The standard InChI is InChI=1S/C18H18ClN5OS/c1-13(14-5-3-2-4-6-14)11-20-17(25)12-26-18-21-22-23-24(18)16-9-7-15(19)8-10-16/h2-10,13H,11-12H2,1H3,(H,20,25)/t13-/m0/s1. The number of benzene rings is 2. The van der Waals surface area contributed by atoms with Crippen molar-refractivity contribution in [3.63, 3.8) is 0 Å². The van der Waals surface area contributed by atoms with Crippen LogP contribution in [-0.4, -0.2) is 38.4 Å². The van der Waals surface area contributed by atoms with Crippen LogP contribution in [0.1, 0.15) is 18.4 Å². The average Bonchev–Trinajstić information content (AvgIpc) is 3.14. The molecule has 1 amide bonds. The molecule has 3 rings (SSSR count). The van der Waals surface area contributed by atoms with E-state index in [2.05, 4.69) is 39.9 Å². The van der Waals surface area contributed by atoms with E-state index in [9.17, 15) is 4.79 Å². The minimum absolute atomic E-state index is 0.0524. The third kappa shape index (κ3) is 4.83. The fourth-order valence-electron chi connectivity index (χ4n) is 2.36. The van der Waals surface area contributed by atoms with Gasteiger partial charge in [0, 0.05) is 11.6 Å². The summed E-state index contributed by atoms with van der Waals surface area (Å²) in [6, 6.07) is 17.3. The lowest BCUT2D eigenvalue weighted by Crippen LogP contribution is -2.29. The number of nitrogens with zero attached hydrogens (tertiary/aromatic N) is 4. The minimum atomic E-state index is -0.0524. The normalized spacial score (nSPS) is 11.9. The van der Waals surface area contributed by atoms with Crippen molar-refractivity contribution in [3.8, 4) is 5.69 Å². The van der Waals surface area contributed by atoms with Gasteiger partial charge in [-0.3, -0.25) is 4.79 Å². The Labute approximate surface area is 160 Å². The molecule has 6 nitrogen and oxygen atoms in total. The molecule has 0 fully saturated rings. The smallest absolute Gasteiger partial charge is 0.230 e. The van der Waals surface area contributed by atoms with E-state index in [0.29, 0.717) is 16.7 Å². The summed E-state index contributed by atoms with van der Waals surface area (Å²) in [4.78, 5) is 12.1. The quantitative estimate of drug-likeness (QED) is 0.629. The molecule has 1 N–H and O–H groups in total. The molecule has 1 heterocycles. The second-order valence-corrected chi connectivity index (χ2v) is 7.13. The van der Waals surface area contributed by atoms with Crippen LogP contribution in [0.5, 0.6) is 0 Å². The molecule has 0 aliphatic carbocycles. The number of thioether (sulfide) groups is 1. The van der Waals surface area contributed by atoms with E-state index >= 15 is 0 Å². The maximum absolute atomic E-state index is 12.1. The van der Waals surface area contributed by atoms with Crippen molar-refractivity contribution in [3.05, 3.63) is 65.2 Å². The molecule has 3 aromatic rings. The van der Waals surface area contributed by atoms with Gasteiger partial charge in [-0.25, -0.2) is 0 Å². The first-order chi connectivity index (χ1) is 12.6. The van der Waals surface area contributed by atoms with E-state index in [0.717, 1.165) is 5.69 Å². The second-order valence-electron chi connectivity index (χ2n) is 5.75. The van der Waals surface area contributed by atoms with Gasteiger partial charge in [-0.15, -0.1) is 5.10 Å². The summed E-state index contributed by atoms with van der Waals surface area (Å²) in [5.41, 5.74) is 1.99. The maximum Gasteiger partial charge on any atom is 0.230 e. The monoisotopic (exact) mass is 387 g/mol. The summed E-state index contributed by atoms with van der Waals surface area (Å²) < 4.78 is 1.58. The third-order valence-corrected chi connectivity index (χ3v) is 4.99. The molecule has 134 valence electrons. The number of tetrazole rings is 1. The van der Waals surface area contributed by atoms with Gasteiger partial charge in [0.1, 0.15) is 0 Å². The number of carbonyl (C=O) groups is 1. The zero-order valence-corrected chi connectivity index (χ0v) is 15.7. The number of aromatic nitrogens is 4. The Kier molecular flexibility index (Phi) is 6.25. The Bertz CT molecular complexity index is 854. The fourth-order valence-corrected chi connectivity index (χ4v) is 3.21. The van der Waals surface area contributed by atoms with Crippen LogP contribution in [0.3, 0.4) is 0 Å². The van der Waals surface area contributed by atoms with Crippen LogP contribution >= 0.6 is 23.4 Å². The predicted octanol–water partition coefficient (Wildman–Crippen LogP) is 3.33. The largest absolute Gasteiger partial charge is 0.355 e. The van der Waals surface area contributed by atoms with Gasteiger partial charge in [0.05, 0.1) is 11.4 Å². The van der Waals surface area contributed by atoms with Crippen LogP contribution in [0.4, 0.5) is 0 Å². The molecule has 26 heavy (non-hydrogen) atoms. The molecule has 0 bridgehead atoms. The zero-order chi connectivity index (χ0) is 18.4. The highest BCUT2D eigenvalue weighted by Gasteiger charge is 2.12. The van der Waals surface area contributed by atoms with E-state index in [1.54, 1.807) is 16.8 Å². The highest BCUT2D eigenvalue weighted by molar-refractivity contribution is 7.99. The molecule has 0 unspecified atom stereocenters. The lowest BCUT2D eigenvalue weighted by atomic mass is 10.0. The van der Waals surface area contributed by atoms with Gasteiger partial charge in [0.25, 0.3) is 0 Å². The SMILES string of the molecule is C[C@@H](CNC(=O)CSc1nnnn1-c1ccc(Cl)cc1)c1ccccc1. The van der Waals surface area contributed by atoms with Crippen LogP contribution < -0.4 is 5.32 Å². The first-order valence-electron chi connectivity index (χ1n) is 8.12. The number of hydrogen-bond donors (Lipinski definition) is 1. The van der Waals surface area contributed by atoms with E-state index in [1.165, 1.54) is 17.3 Å². The average molecular weight is 388 g/mol. The first kappa shape index (κ1) is 18.4. The summed E-state index contributed by atoms with van der Waals surface area (Å²) >= 11 is 7.19. The van der Waals surface area contributed by atoms with Crippen molar-refractivity contribution in [1.82, 2.24) is 25.5 Å². The topological polar surface area (TPSA) is 72.7 Å². The number of halogens is 1. The summed E-state index contributed by atoms with van der Waals surface area (Å²) in [5.74, 6) is 0.447. The van der Waals surface area contributed by atoms with Gasteiger partial charge in [0.15, 0.2) is 0 Å². The summed E-state index contributed by atoms with van der Waals surface area (Å²) in [7, 11) is 0. The molecule has 2 aromatic carbocycles. The van der Waals surface area contributed by atoms with Gasteiger partial charge in [-0.05, 0) is 46.2 Å². The van der Waals surface area contributed by atoms with Gasteiger partial charge in [-0.1, -0.05) is 60.6 Å². The van der Waals surface area contributed by atoms with Crippen LogP contribution in [0.15, 0.2) is 59.8 Å². The van der Waals surface area contributed by atoms with E-state index in [-0.39, 0.29) is 17.6 Å². The van der Waals surface area contributed by atoms with Gasteiger partial charge in [-0.2, -0.15) is 4.68 Å². The van der Waals surface area contributed by atoms with Crippen molar-refractivity contribution in [2.45, 2.75) is 18.0 Å². The Morgan fingerprint density at radius 3 is 2.65 bits per heavy atom.